The quantitative estimate of drug-likeness (QED) is 0.157. The molecule has 1 aliphatic carbocycles. The van der Waals surface area contributed by atoms with E-state index in [0.29, 0.717) is 0 Å². The highest BCUT2D eigenvalue weighted by molar-refractivity contribution is 6.14. The summed E-state index contributed by atoms with van der Waals surface area (Å²) in [4.78, 5) is 0. The lowest BCUT2D eigenvalue weighted by Gasteiger charge is -2.23. The van der Waals surface area contributed by atoms with Crippen LogP contribution in [-0.4, -0.2) is 0 Å². The van der Waals surface area contributed by atoms with Crippen molar-refractivity contribution in [2.75, 3.05) is 0 Å². The van der Waals surface area contributed by atoms with Crippen LogP contribution in [0.5, 0.6) is 0 Å². The monoisotopic (exact) mass is 748 g/mol. The number of rotatable bonds is 4. The minimum atomic E-state index is -0.139. The maximum absolute atomic E-state index is 2.46. The number of fused-ring (bicyclic) bond motifs is 10. The SMILES string of the molecule is CC1(C)c2cc(-c3ccc4c(ccc5cc(-c6cc7ccccc7cc6-c6ccccc6)ccc54)c3)ccc2-c2ccc(-c3cc4ccccc4c4ccccc34)cc21. The molecule has 0 atom stereocenters. The van der Waals surface area contributed by atoms with Gasteiger partial charge in [-0.3, -0.25) is 0 Å². The summed E-state index contributed by atoms with van der Waals surface area (Å²) < 4.78 is 0. The fourth-order valence-electron chi connectivity index (χ4n) is 10.1. The third kappa shape index (κ3) is 5.30. The van der Waals surface area contributed by atoms with Crippen LogP contribution >= 0.6 is 0 Å². The Kier molecular flexibility index (Phi) is 7.38. The van der Waals surface area contributed by atoms with Crippen molar-refractivity contribution in [3.05, 3.63) is 217 Å². The molecule has 0 radical (unpaired) electrons. The van der Waals surface area contributed by atoms with Crippen LogP contribution in [0.4, 0.5) is 0 Å². The first-order valence-electron chi connectivity index (χ1n) is 20.7. The van der Waals surface area contributed by atoms with Gasteiger partial charge in [0, 0.05) is 5.41 Å². The molecule has 0 nitrogen and oxygen atoms in total. The van der Waals surface area contributed by atoms with Crippen molar-refractivity contribution in [1.29, 1.82) is 0 Å². The molecule has 11 aromatic carbocycles. The van der Waals surface area contributed by atoms with Crippen LogP contribution in [0.3, 0.4) is 0 Å². The Bertz CT molecular complexity index is 3510. The molecule has 276 valence electrons. The molecular formula is C59H40. The molecule has 0 aliphatic heterocycles. The van der Waals surface area contributed by atoms with Crippen molar-refractivity contribution < 1.29 is 0 Å². The summed E-state index contributed by atoms with van der Waals surface area (Å²) in [6.45, 7) is 4.79. The Balaban J connectivity index is 0.906. The summed E-state index contributed by atoms with van der Waals surface area (Å²) in [5.41, 5.74) is 15.4. The molecule has 0 heterocycles. The second-order valence-electron chi connectivity index (χ2n) is 16.9. The van der Waals surface area contributed by atoms with Gasteiger partial charge in [-0.2, -0.15) is 0 Å². The lowest BCUT2D eigenvalue weighted by molar-refractivity contribution is 0.661. The fourth-order valence-corrected chi connectivity index (χ4v) is 10.1. The molecular weight excluding hydrogens is 709 g/mol. The van der Waals surface area contributed by atoms with Gasteiger partial charge < -0.3 is 0 Å². The zero-order chi connectivity index (χ0) is 39.2. The van der Waals surface area contributed by atoms with Crippen LogP contribution in [0, 0.1) is 0 Å². The molecule has 59 heavy (non-hydrogen) atoms. The Hall–Kier alpha value is -7.28. The maximum Gasteiger partial charge on any atom is 0.0159 e. The molecule has 0 heteroatoms. The van der Waals surface area contributed by atoms with Crippen molar-refractivity contribution in [2.45, 2.75) is 19.3 Å². The molecule has 0 bridgehead atoms. The zero-order valence-electron chi connectivity index (χ0n) is 33.1. The van der Waals surface area contributed by atoms with E-state index in [0.717, 1.165) is 0 Å². The van der Waals surface area contributed by atoms with E-state index in [9.17, 15) is 0 Å². The van der Waals surface area contributed by atoms with Gasteiger partial charge >= 0.3 is 0 Å². The van der Waals surface area contributed by atoms with E-state index in [-0.39, 0.29) is 5.41 Å². The normalized spacial score (nSPS) is 13.1. The fraction of sp³-hybridized carbons (Fsp3) is 0.0508. The van der Waals surface area contributed by atoms with E-state index >= 15 is 0 Å². The van der Waals surface area contributed by atoms with Crippen molar-refractivity contribution in [1.82, 2.24) is 0 Å². The standard InChI is InChI=1S/C59H40/c1-59(2)57-35-41(23-28-52(57)53-29-25-46(36-58(53)59)55-34-42-16-8-9-17-47(42)50-18-10-11-19-51(50)55)40-22-26-48-43(30-40)20-21-44-31-45(24-27-49(44)48)56-33-39-15-7-6-14-38(39)32-54(56)37-12-4-3-5-13-37/h3-36H,1-2H3. The highest BCUT2D eigenvalue weighted by Gasteiger charge is 2.36. The van der Waals surface area contributed by atoms with Crippen molar-refractivity contribution in [3.63, 3.8) is 0 Å². The zero-order valence-corrected chi connectivity index (χ0v) is 33.1. The molecule has 0 amide bonds. The van der Waals surface area contributed by atoms with Gasteiger partial charge in [-0.05, 0) is 163 Å². The Morgan fingerprint density at radius 3 is 1.36 bits per heavy atom. The molecule has 12 rings (SSSR count). The topological polar surface area (TPSA) is 0 Å². The summed E-state index contributed by atoms with van der Waals surface area (Å²) in [5, 5.41) is 12.8. The van der Waals surface area contributed by atoms with Gasteiger partial charge in [-0.15, -0.1) is 0 Å². The minimum absolute atomic E-state index is 0.139. The van der Waals surface area contributed by atoms with E-state index in [2.05, 4.69) is 220 Å². The van der Waals surface area contributed by atoms with E-state index in [1.165, 1.54) is 121 Å². The first-order chi connectivity index (χ1) is 29.0. The second-order valence-corrected chi connectivity index (χ2v) is 16.9. The first-order valence-corrected chi connectivity index (χ1v) is 20.7. The molecule has 0 saturated carbocycles. The number of benzene rings is 11. The van der Waals surface area contributed by atoms with Gasteiger partial charge in [0.15, 0.2) is 0 Å². The van der Waals surface area contributed by atoms with Crippen molar-refractivity contribution in [2.24, 2.45) is 0 Å². The summed E-state index contributed by atoms with van der Waals surface area (Å²) in [6, 6.07) is 77.0. The predicted octanol–water partition coefficient (Wildman–Crippen LogP) is 16.4. The van der Waals surface area contributed by atoms with Crippen molar-refractivity contribution >= 4 is 53.9 Å². The first kappa shape index (κ1) is 33.8. The van der Waals surface area contributed by atoms with E-state index < -0.39 is 0 Å². The lowest BCUT2D eigenvalue weighted by Crippen LogP contribution is -2.15. The van der Waals surface area contributed by atoms with E-state index in [4.69, 9.17) is 0 Å². The van der Waals surface area contributed by atoms with Crippen LogP contribution < -0.4 is 0 Å². The predicted molar refractivity (Wildman–Crippen MR) is 253 cm³/mol. The largest absolute Gasteiger partial charge is 0.0622 e. The summed E-state index contributed by atoms with van der Waals surface area (Å²) in [7, 11) is 0. The van der Waals surface area contributed by atoms with Gasteiger partial charge in [0.25, 0.3) is 0 Å². The van der Waals surface area contributed by atoms with Gasteiger partial charge in [-0.25, -0.2) is 0 Å². The third-order valence-electron chi connectivity index (χ3n) is 13.2. The molecule has 0 unspecified atom stereocenters. The average molecular weight is 749 g/mol. The maximum atomic E-state index is 2.46. The average Bonchev–Trinajstić information content (AvgIpc) is 3.52. The third-order valence-corrected chi connectivity index (χ3v) is 13.2. The van der Waals surface area contributed by atoms with Gasteiger partial charge in [0.2, 0.25) is 0 Å². The summed E-state index contributed by atoms with van der Waals surface area (Å²) in [6.07, 6.45) is 0. The van der Waals surface area contributed by atoms with Crippen LogP contribution in [0.1, 0.15) is 25.0 Å². The van der Waals surface area contributed by atoms with Crippen LogP contribution in [0.2, 0.25) is 0 Å². The van der Waals surface area contributed by atoms with Crippen LogP contribution in [-0.2, 0) is 5.41 Å². The van der Waals surface area contributed by atoms with E-state index in [1.807, 2.05) is 0 Å². The number of hydrogen-bond acceptors (Lipinski definition) is 0. The Morgan fingerprint density at radius 1 is 0.237 bits per heavy atom. The highest BCUT2D eigenvalue weighted by atomic mass is 14.4. The molecule has 0 spiro atoms. The minimum Gasteiger partial charge on any atom is -0.0622 e. The smallest absolute Gasteiger partial charge is 0.0159 e. The molecule has 11 aromatic rings. The van der Waals surface area contributed by atoms with E-state index in [1.54, 1.807) is 0 Å². The van der Waals surface area contributed by atoms with Gasteiger partial charge in [0.1, 0.15) is 0 Å². The molecule has 0 saturated heterocycles. The molecule has 1 aliphatic rings. The van der Waals surface area contributed by atoms with Gasteiger partial charge in [-0.1, -0.05) is 178 Å². The second kappa shape index (κ2) is 12.9. The Morgan fingerprint density at radius 2 is 0.661 bits per heavy atom. The van der Waals surface area contributed by atoms with Crippen molar-refractivity contribution in [3.8, 4) is 55.6 Å². The number of hydrogen-bond donors (Lipinski definition) is 0. The lowest BCUT2D eigenvalue weighted by atomic mass is 9.80. The Labute approximate surface area is 344 Å². The molecule has 0 aromatic heterocycles. The molecule has 0 N–H and O–H groups in total. The summed E-state index contributed by atoms with van der Waals surface area (Å²) >= 11 is 0. The highest BCUT2D eigenvalue weighted by Crippen LogP contribution is 2.51. The van der Waals surface area contributed by atoms with Gasteiger partial charge in [0.05, 0.1) is 0 Å². The summed E-state index contributed by atoms with van der Waals surface area (Å²) in [5.74, 6) is 0. The van der Waals surface area contributed by atoms with Crippen LogP contribution in [0.25, 0.3) is 109 Å². The van der Waals surface area contributed by atoms with Crippen LogP contribution in [0.15, 0.2) is 206 Å². The molecule has 0 fully saturated rings.